The zero-order valence-corrected chi connectivity index (χ0v) is 13.5. The molecule has 2 atom stereocenters. The monoisotopic (exact) mass is 345 g/mol. The maximum Gasteiger partial charge on any atom is 0.143 e. The van der Waals surface area contributed by atoms with Gasteiger partial charge in [0.2, 0.25) is 0 Å². The number of hydrogen-bond donors (Lipinski definition) is 1. The SMILES string of the molecule is CCNCC1CCCCCC1c1c(F)ccc(Br)c1F. The molecular weight excluding hydrogens is 324 g/mol. The minimum Gasteiger partial charge on any atom is -0.317 e. The van der Waals surface area contributed by atoms with Crippen molar-refractivity contribution >= 4 is 15.9 Å². The highest BCUT2D eigenvalue weighted by Gasteiger charge is 2.30. The van der Waals surface area contributed by atoms with Crippen molar-refractivity contribution in [2.24, 2.45) is 5.92 Å². The van der Waals surface area contributed by atoms with Crippen LogP contribution in [-0.4, -0.2) is 13.1 Å². The third kappa shape index (κ3) is 3.59. The fourth-order valence-corrected chi connectivity index (χ4v) is 3.57. The predicted molar refractivity (Wildman–Crippen MR) is 81.9 cm³/mol. The molecule has 1 N–H and O–H groups in total. The van der Waals surface area contributed by atoms with Crippen LogP contribution in [0.25, 0.3) is 0 Å². The van der Waals surface area contributed by atoms with E-state index in [1.165, 1.54) is 12.1 Å². The van der Waals surface area contributed by atoms with Crippen LogP contribution in [0.5, 0.6) is 0 Å². The Bertz CT molecular complexity index is 450. The molecule has 0 radical (unpaired) electrons. The Kier molecular flexibility index (Phi) is 5.97. The highest BCUT2D eigenvalue weighted by molar-refractivity contribution is 9.10. The van der Waals surface area contributed by atoms with Gasteiger partial charge >= 0.3 is 0 Å². The van der Waals surface area contributed by atoms with Gasteiger partial charge in [0.15, 0.2) is 0 Å². The first-order valence-corrected chi connectivity index (χ1v) is 8.28. The molecule has 0 saturated heterocycles. The Morgan fingerprint density at radius 1 is 1.20 bits per heavy atom. The van der Waals surface area contributed by atoms with Crippen molar-refractivity contribution in [1.82, 2.24) is 5.32 Å². The van der Waals surface area contributed by atoms with E-state index in [2.05, 4.69) is 28.2 Å². The Balaban J connectivity index is 2.32. The van der Waals surface area contributed by atoms with Crippen LogP contribution in [0.3, 0.4) is 0 Å². The lowest BCUT2D eigenvalue weighted by atomic mass is 9.82. The number of nitrogens with one attached hydrogen (secondary N) is 1. The van der Waals surface area contributed by atoms with E-state index < -0.39 is 11.6 Å². The molecule has 1 aliphatic rings. The van der Waals surface area contributed by atoms with Crippen molar-refractivity contribution in [2.75, 3.05) is 13.1 Å². The van der Waals surface area contributed by atoms with E-state index in [-0.39, 0.29) is 11.5 Å². The molecule has 1 saturated carbocycles. The quantitative estimate of drug-likeness (QED) is 0.598. The van der Waals surface area contributed by atoms with Crippen LogP contribution in [0.4, 0.5) is 8.78 Å². The van der Waals surface area contributed by atoms with E-state index in [0.29, 0.717) is 10.4 Å². The lowest BCUT2D eigenvalue weighted by molar-refractivity contribution is 0.358. The van der Waals surface area contributed by atoms with E-state index in [1.807, 2.05) is 0 Å². The molecule has 1 nitrogen and oxygen atoms in total. The number of halogens is 3. The largest absolute Gasteiger partial charge is 0.317 e. The van der Waals surface area contributed by atoms with Gasteiger partial charge in [0, 0.05) is 5.56 Å². The van der Waals surface area contributed by atoms with Crippen LogP contribution >= 0.6 is 15.9 Å². The van der Waals surface area contributed by atoms with Gasteiger partial charge in [-0.1, -0.05) is 26.2 Å². The lowest BCUT2D eigenvalue weighted by Crippen LogP contribution is -2.27. The second-order valence-corrected chi connectivity index (χ2v) is 6.42. The molecule has 1 aromatic rings. The van der Waals surface area contributed by atoms with Crippen molar-refractivity contribution < 1.29 is 8.78 Å². The van der Waals surface area contributed by atoms with Gasteiger partial charge in [-0.3, -0.25) is 0 Å². The minimum atomic E-state index is -0.418. The molecule has 0 amide bonds. The first-order chi connectivity index (χ1) is 9.65. The topological polar surface area (TPSA) is 12.0 Å². The van der Waals surface area contributed by atoms with Crippen molar-refractivity contribution in [3.05, 3.63) is 33.8 Å². The average molecular weight is 346 g/mol. The normalized spacial score (nSPS) is 23.6. The van der Waals surface area contributed by atoms with Gasteiger partial charge in [0.05, 0.1) is 4.47 Å². The summed E-state index contributed by atoms with van der Waals surface area (Å²) in [5.74, 6) is -0.526. The molecule has 0 aromatic heterocycles. The van der Waals surface area contributed by atoms with Crippen LogP contribution in [0, 0.1) is 17.6 Å². The Hall–Kier alpha value is -0.480. The summed E-state index contributed by atoms with van der Waals surface area (Å²) < 4.78 is 28.9. The van der Waals surface area contributed by atoms with Gasteiger partial charge in [0.1, 0.15) is 11.6 Å². The van der Waals surface area contributed by atoms with Gasteiger partial charge in [-0.25, -0.2) is 8.78 Å². The van der Waals surface area contributed by atoms with Gasteiger partial charge in [-0.05, 0) is 65.8 Å². The average Bonchev–Trinajstić information content (AvgIpc) is 2.67. The molecule has 2 unspecified atom stereocenters. The lowest BCUT2D eigenvalue weighted by Gasteiger charge is -2.27. The zero-order valence-electron chi connectivity index (χ0n) is 11.9. The standard InChI is InChI=1S/C16H22BrF2N/c1-2-20-10-11-6-4-3-5-7-12(11)15-14(18)9-8-13(17)16(15)19/h8-9,11-12,20H,2-7,10H2,1H3. The molecule has 0 bridgehead atoms. The maximum absolute atomic E-state index is 14.4. The van der Waals surface area contributed by atoms with Gasteiger partial charge in [0.25, 0.3) is 0 Å². The maximum atomic E-state index is 14.4. The highest BCUT2D eigenvalue weighted by atomic mass is 79.9. The summed E-state index contributed by atoms with van der Waals surface area (Å²) in [4.78, 5) is 0. The van der Waals surface area contributed by atoms with Crippen LogP contribution in [0.15, 0.2) is 16.6 Å². The Labute approximate surface area is 128 Å². The smallest absolute Gasteiger partial charge is 0.143 e. The third-order valence-electron chi connectivity index (χ3n) is 4.27. The van der Waals surface area contributed by atoms with E-state index in [1.54, 1.807) is 0 Å². The second kappa shape index (κ2) is 7.51. The van der Waals surface area contributed by atoms with Gasteiger partial charge in [-0.2, -0.15) is 0 Å². The number of benzene rings is 1. The van der Waals surface area contributed by atoms with Gasteiger partial charge in [-0.15, -0.1) is 0 Å². The molecule has 0 aliphatic heterocycles. The van der Waals surface area contributed by atoms with Crippen molar-refractivity contribution in [2.45, 2.75) is 44.9 Å². The molecule has 0 spiro atoms. The van der Waals surface area contributed by atoms with Crippen LogP contribution in [0.2, 0.25) is 0 Å². The van der Waals surface area contributed by atoms with Crippen molar-refractivity contribution in [3.63, 3.8) is 0 Å². The number of rotatable bonds is 4. The summed E-state index contributed by atoms with van der Waals surface area (Å²) in [5.41, 5.74) is 0.282. The fourth-order valence-electron chi connectivity index (χ4n) is 3.22. The fraction of sp³-hybridized carbons (Fsp3) is 0.625. The van der Waals surface area contributed by atoms with E-state index >= 15 is 0 Å². The molecule has 4 heteroatoms. The highest BCUT2D eigenvalue weighted by Crippen LogP contribution is 2.40. The van der Waals surface area contributed by atoms with E-state index in [9.17, 15) is 8.78 Å². The molecule has 1 aliphatic carbocycles. The van der Waals surface area contributed by atoms with Crippen LogP contribution < -0.4 is 5.32 Å². The molecule has 1 fully saturated rings. The summed E-state index contributed by atoms with van der Waals surface area (Å²) in [5, 5.41) is 3.34. The first-order valence-electron chi connectivity index (χ1n) is 7.49. The third-order valence-corrected chi connectivity index (χ3v) is 4.88. The zero-order chi connectivity index (χ0) is 14.5. The summed E-state index contributed by atoms with van der Waals surface area (Å²) in [7, 11) is 0. The predicted octanol–water partition coefficient (Wildman–Crippen LogP) is 5.00. The second-order valence-electron chi connectivity index (χ2n) is 5.57. The van der Waals surface area contributed by atoms with Crippen molar-refractivity contribution in [1.29, 1.82) is 0 Å². The summed E-state index contributed by atoms with van der Waals surface area (Å²) in [6.45, 7) is 3.80. The van der Waals surface area contributed by atoms with E-state index in [4.69, 9.17) is 0 Å². The summed E-state index contributed by atoms with van der Waals surface area (Å²) in [6.07, 6.45) is 5.29. The molecule has 1 aromatic carbocycles. The minimum absolute atomic E-state index is 0.0194. The van der Waals surface area contributed by atoms with Crippen LogP contribution in [0.1, 0.15) is 50.5 Å². The van der Waals surface area contributed by atoms with Crippen molar-refractivity contribution in [3.8, 4) is 0 Å². The molecular formula is C16H22BrF2N. The summed E-state index contributed by atoms with van der Waals surface area (Å²) in [6, 6.07) is 2.82. The molecule has 2 rings (SSSR count). The first kappa shape index (κ1) is 15.9. The molecule has 112 valence electrons. The number of hydrogen-bond acceptors (Lipinski definition) is 1. The van der Waals surface area contributed by atoms with Crippen LogP contribution in [-0.2, 0) is 0 Å². The Morgan fingerprint density at radius 3 is 2.70 bits per heavy atom. The molecule has 0 heterocycles. The Morgan fingerprint density at radius 2 is 1.95 bits per heavy atom. The van der Waals surface area contributed by atoms with Gasteiger partial charge < -0.3 is 5.32 Å². The van der Waals surface area contributed by atoms with E-state index in [0.717, 1.165) is 45.2 Å². The molecule has 20 heavy (non-hydrogen) atoms. The summed E-state index contributed by atoms with van der Waals surface area (Å²) >= 11 is 3.18.